The monoisotopic (exact) mass is 538 g/mol. The molecule has 1 N–H and O–H groups in total. The van der Waals surface area contributed by atoms with Crippen LogP contribution in [0, 0.1) is 0 Å². The fourth-order valence-electron chi connectivity index (χ4n) is 4.61. The number of nitrogens with zero attached hydrogens (tertiary/aromatic N) is 3. The predicted octanol–water partition coefficient (Wildman–Crippen LogP) is 6.04. The lowest BCUT2D eigenvalue weighted by Gasteiger charge is -2.37. The van der Waals surface area contributed by atoms with Gasteiger partial charge in [-0.15, -0.1) is 13.2 Å². The Morgan fingerprint density at radius 3 is 2.59 bits per heavy atom. The minimum absolute atomic E-state index is 0.0325. The summed E-state index contributed by atoms with van der Waals surface area (Å²) >= 11 is 6.43. The van der Waals surface area contributed by atoms with Gasteiger partial charge in [-0.2, -0.15) is 0 Å². The smallest absolute Gasteiger partial charge is 0.405 e. The molecule has 2 unspecified atom stereocenters. The van der Waals surface area contributed by atoms with Gasteiger partial charge in [-0.25, -0.2) is 5.01 Å². The minimum atomic E-state index is -4.82. The van der Waals surface area contributed by atoms with Gasteiger partial charge in [-0.3, -0.25) is 15.1 Å². The van der Waals surface area contributed by atoms with Crippen LogP contribution in [0.3, 0.4) is 0 Å². The molecule has 4 rings (SSSR count). The molecule has 200 valence electrons. The normalized spacial score (nSPS) is 20.7. The molecule has 0 aromatic heterocycles. The first-order valence-corrected chi connectivity index (χ1v) is 12.5. The molecule has 0 bridgehead atoms. The summed E-state index contributed by atoms with van der Waals surface area (Å²) in [4.78, 5) is 20.8. The van der Waals surface area contributed by atoms with E-state index in [0.717, 1.165) is 18.5 Å². The Bertz CT molecular complexity index is 1160. The number of rotatable bonds is 7. The number of alkyl halides is 3. The summed E-state index contributed by atoms with van der Waals surface area (Å²) in [6.45, 7) is 4.88. The fourth-order valence-corrected chi connectivity index (χ4v) is 4.89. The number of allylic oxidation sites excluding steroid dienone is 1. The molecule has 2 aliphatic rings. The molecular weight excluding hydrogens is 509 g/mol. The number of ether oxygens (including phenoxy) is 1. The van der Waals surface area contributed by atoms with Crippen LogP contribution in [-0.4, -0.2) is 59.6 Å². The average molecular weight is 539 g/mol. The van der Waals surface area contributed by atoms with Crippen LogP contribution in [0.25, 0.3) is 11.1 Å². The molecule has 2 heterocycles. The third-order valence-corrected chi connectivity index (χ3v) is 6.91. The third kappa shape index (κ3) is 6.49. The van der Waals surface area contributed by atoms with Gasteiger partial charge in [0, 0.05) is 36.5 Å². The molecule has 1 saturated heterocycles. The van der Waals surface area contributed by atoms with E-state index >= 15 is 0 Å². The lowest BCUT2D eigenvalue weighted by Crippen LogP contribution is -2.51. The first kappa shape index (κ1) is 27.1. The lowest BCUT2D eigenvalue weighted by molar-refractivity contribution is -0.274. The van der Waals surface area contributed by atoms with Crippen molar-refractivity contribution in [3.63, 3.8) is 0 Å². The van der Waals surface area contributed by atoms with E-state index in [0.29, 0.717) is 24.2 Å². The van der Waals surface area contributed by atoms with Crippen LogP contribution in [0.15, 0.2) is 54.2 Å². The zero-order valence-electron chi connectivity index (χ0n) is 20.9. The van der Waals surface area contributed by atoms with E-state index in [9.17, 15) is 18.0 Å². The first-order chi connectivity index (χ1) is 17.5. The van der Waals surface area contributed by atoms with E-state index in [-0.39, 0.29) is 34.8 Å². The number of likely N-dealkylation sites (tertiary alicyclic amines) is 1. The second kappa shape index (κ2) is 11.2. The van der Waals surface area contributed by atoms with Crippen molar-refractivity contribution in [2.45, 2.75) is 51.7 Å². The number of hydrogen-bond donors (Lipinski definition) is 1. The van der Waals surface area contributed by atoms with Crippen LogP contribution in [0.1, 0.15) is 33.1 Å². The Balaban J connectivity index is 1.42. The molecule has 2 atom stereocenters. The molecule has 37 heavy (non-hydrogen) atoms. The molecule has 7 nitrogen and oxygen atoms in total. The van der Waals surface area contributed by atoms with Crippen molar-refractivity contribution < 1.29 is 27.5 Å². The molecule has 2 aromatic rings. The highest BCUT2D eigenvalue weighted by atomic mass is 35.5. The van der Waals surface area contributed by atoms with Gasteiger partial charge in [-0.05, 0) is 57.4 Å². The van der Waals surface area contributed by atoms with E-state index in [1.807, 2.05) is 24.0 Å². The number of anilines is 1. The fraction of sp³-hybridized carbons (Fsp3) is 0.423. The van der Waals surface area contributed by atoms with E-state index in [1.54, 1.807) is 29.2 Å². The summed E-state index contributed by atoms with van der Waals surface area (Å²) in [6, 6.07) is 10.8. The number of benzene rings is 2. The molecule has 1 amide bonds. The summed E-state index contributed by atoms with van der Waals surface area (Å²) in [5, 5.41) is 4.22. The number of amides is 1. The quantitative estimate of drug-likeness (QED) is 0.434. The van der Waals surface area contributed by atoms with Crippen molar-refractivity contribution in [3.05, 3.63) is 59.3 Å². The zero-order valence-corrected chi connectivity index (χ0v) is 21.6. The summed E-state index contributed by atoms with van der Waals surface area (Å²) in [6.07, 6.45) is -0.681. The number of halogens is 4. The summed E-state index contributed by atoms with van der Waals surface area (Å²) in [7, 11) is 1.96. The minimum Gasteiger partial charge on any atom is -0.405 e. The summed E-state index contributed by atoms with van der Waals surface area (Å²) < 4.78 is 42.6. The molecule has 0 spiro atoms. The van der Waals surface area contributed by atoms with Gasteiger partial charge < -0.3 is 14.6 Å². The standard InChI is InChI=1S/C26H30ClF3N4O3/c1-17-14-18(2)34(32(17)3)16-24(35)33-13-7-6-10-25(33)37-31-19-11-12-20(22(27)15-19)21-8-4-5-9-23(21)36-26(28,29)30/h4-5,8-9,11-12,14-15,17,25,31H,6-7,10,13,16H2,1-3H3. The van der Waals surface area contributed by atoms with Gasteiger partial charge in [0.25, 0.3) is 0 Å². The Hall–Kier alpha value is -2.95. The Morgan fingerprint density at radius 2 is 1.92 bits per heavy atom. The maximum absolute atomic E-state index is 13.2. The summed E-state index contributed by atoms with van der Waals surface area (Å²) in [5.41, 5.74) is 5.01. The SMILES string of the molecule is CC1=CC(C)N(C)N1CC(=O)N1CCCCC1ONc1ccc(-c2ccccc2OC(F)(F)F)c(Cl)c1. The highest BCUT2D eigenvalue weighted by Crippen LogP contribution is 2.38. The molecule has 2 aliphatic heterocycles. The van der Waals surface area contributed by atoms with E-state index in [1.165, 1.54) is 18.2 Å². The van der Waals surface area contributed by atoms with E-state index < -0.39 is 12.6 Å². The van der Waals surface area contributed by atoms with Crippen molar-refractivity contribution in [2.75, 3.05) is 25.6 Å². The number of hydrazine groups is 1. The van der Waals surface area contributed by atoms with Crippen molar-refractivity contribution in [3.8, 4) is 16.9 Å². The summed E-state index contributed by atoms with van der Waals surface area (Å²) in [5.74, 6) is -0.372. The number of nitrogens with one attached hydrogen (secondary N) is 1. The van der Waals surface area contributed by atoms with Crippen molar-refractivity contribution in [1.82, 2.24) is 14.9 Å². The number of piperidine rings is 1. The number of hydrogen-bond acceptors (Lipinski definition) is 6. The second-order valence-corrected chi connectivity index (χ2v) is 9.58. The maximum atomic E-state index is 13.2. The van der Waals surface area contributed by atoms with Crippen LogP contribution in [0.2, 0.25) is 5.02 Å². The maximum Gasteiger partial charge on any atom is 0.573 e. The van der Waals surface area contributed by atoms with Gasteiger partial charge >= 0.3 is 6.36 Å². The van der Waals surface area contributed by atoms with Crippen molar-refractivity contribution in [1.29, 1.82) is 0 Å². The lowest BCUT2D eigenvalue weighted by atomic mass is 10.0. The van der Waals surface area contributed by atoms with Gasteiger partial charge in [-0.1, -0.05) is 35.9 Å². The molecule has 0 saturated carbocycles. The largest absolute Gasteiger partial charge is 0.573 e. The van der Waals surface area contributed by atoms with Crippen LogP contribution in [-0.2, 0) is 9.63 Å². The molecule has 1 fully saturated rings. The highest BCUT2D eigenvalue weighted by Gasteiger charge is 2.33. The van der Waals surface area contributed by atoms with Gasteiger partial charge in [0.2, 0.25) is 5.91 Å². The molecule has 11 heteroatoms. The van der Waals surface area contributed by atoms with Crippen LogP contribution in [0.5, 0.6) is 5.75 Å². The number of likely N-dealkylation sites (N-methyl/N-ethyl adjacent to an activating group) is 1. The molecule has 0 aliphatic carbocycles. The number of carbonyl (C=O) groups is 1. The molecular formula is C26H30ClF3N4O3. The van der Waals surface area contributed by atoms with Crippen molar-refractivity contribution >= 4 is 23.2 Å². The average Bonchev–Trinajstić information content (AvgIpc) is 3.08. The van der Waals surface area contributed by atoms with E-state index in [2.05, 4.69) is 23.2 Å². The molecule has 0 radical (unpaired) electrons. The van der Waals surface area contributed by atoms with Crippen LogP contribution >= 0.6 is 11.6 Å². The Kier molecular flexibility index (Phi) is 8.20. The zero-order chi connectivity index (χ0) is 26.7. The van der Waals surface area contributed by atoms with Gasteiger partial charge in [0.1, 0.15) is 12.3 Å². The topological polar surface area (TPSA) is 57.3 Å². The number of carbonyl (C=O) groups excluding carboxylic acids is 1. The highest BCUT2D eigenvalue weighted by molar-refractivity contribution is 6.33. The first-order valence-electron chi connectivity index (χ1n) is 12.1. The van der Waals surface area contributed by atoms with Gasteiger partial charge in [0.05, 0.1) is 10.7 Å². The molecule has 2 aromatic carbocycles. The van der Waals surface area contributed by atoms with Crippen LogP contribution in [0.4, 0.5) is 18.9 Å². The third-order valence-electron chi connectivity index (χ3n) is 6.60. The Morgan fingerprint density at radius 1 is 1.16 bits per heavy atom. The van der Waals surface area contributed by atoms with E-state index in [4.69, 9.17) is 16.4 Å². The Labute approximate surface area is 219 Å². The second-order valence-electron chi connectivity index (χ2n) is 9.18. The predicted molar refractivity (Wildman–Crippen MR) is 135 cm³/mol. The number of para-hydroxylation sites is 1. The van der Waals surface area contributed by atoms with Gasteiger partial charge in [0.15, 0.2) is 6.23 Å². The van der Waals surface area contributed by atoms with Crippen molar-refractivity contribution in [2.24, 2.45) is 0 Å². The van der Waals surface area contributed by atoms with Crippen LogP contribution < -0.4 is 10.2 Å².